The monoisotopic (exact) mass is 166 g/mol. The average Bonchev–Trinajstić information content (AvgIpc) is 2.58. The zero-order valence-electron chi connectivity index (χ0n) is 8.26. The summed E-state index contributed by atoms with van der Waals surface area (Å²) < 4.78 is 0. The van der Waals surface area contributed by atoms with E-state index in [1.807, 2.05) is 0 Å². The molecule has 2 aliphatic carbocycles. The normalized spacial score (nSPS) is 43.4. The fraction of sp³-hybridized carbons (Fsp3) is 0.909. The Morgan fingerprint density at radius 1 is 1.33 bits per heavy atom. The zero-order chi connectivity index (χ0) is 8.93. The number of Topliss-reactive ketones (excluding diaryl/α,β-unsaturated/α-hetero) is 1. The quantitative estimate of drug-likeness (QED) is 0.585. The van der Waals surface area contributed by atoms with Gasteiger partial charge in [0.1, 0.15) is 5.78 Å². The van der Waals surface area contributed by atoms with Crippen LogP contribution in [0.15, 0.2) is 0 Å². The molecule has 0 aromatic rings. The lowest BCUT2D eigenvalue weighted by atomic mass is 9.78. The lowest BCUT2D eigenvalue weighted by Gasteiger charge is -2.28. The summed E-state index contributed by atoms with van der Waals surface area (Å²) in [5.41, 5.74) is 0.505. The van der Waals surface area contributed by atoms with Gasteiger partial charge in [-0.3, -0.25) is 4.79 Å². The second-order valence-electron chi connectivity index (χ2n) is 5.37. The minimum Gasteiger partial charge on any atom is -0.300 e. The first-order chi connectivity index (χ1) is 5.51. The Bertz CT molecular complexity index is 217. The third-order valence-electron chi connectivity index (χ3n) is 3.74. The Morgan fingerprint density at radius 3 is 2.50 bits per heavy atom. The molecule has 0 aliphatic heterocycles. The highest BCUT2D eigenvalue weighted by molar-refractivity contribution is 5.82. The standard InChI is InChI=1S/C11H18O/c1-7(12)10-8-4-5-11(2,3)6-9(8)10/h8-10H,4-6H2,1-3H3/t8?,9-,10?/m0/s1. The Hall–Kier alpha value is -0.330. The van der Waals surface area contributed by atoms with Crippen LogP contribution in [-0.2, 0) is 4.79 Å². The van der Waals surface area contributed by atoms with Crippen molar-refractivity contribution in [2.75, 3.05) is 0 Å². The first-order valence-corrected chi connectivity index (χ1v) is 5.02. The Kier molecular flexibility index (Phi) is 1.61. The van der Waals surface area contributed by atoms with Crippen molar-refractivity contribution in [2.24, 2.45) is 23.2 Å². The fourth-order valence-electron chi connectivity index (χ4n) is 3.02. The molecule has 0 heterocycles. The van der Waals surface area contributed by atoms with Crippen LogP contribution in [0.4, 0.5) is 0 Å². The summed E-state index contributed by atoms with van der Waals surface area (Å²) in [5, 5.41) is 0. The number of hydrogen-bond donors (Lipinski definition) is 0. The Morgan fingerprint density at radius 2 is 2.00 bits per heavy atom. The van der Waals surface area contributed by atoms with Crippen LogP contribution in [0.5, 0.6) is 0 Å². The summed E-state index contributed by atoms with van der Waals surface area (Å²) in [5.74, 6) is 2.41. The van der Waals surface area contributed by atoms with Crippen LogP contribution >= 0.6 is 0 Å². The molecule has 12 heavy (non-hydrogen) atoms. The van der Waals surface area contributed by atoms with Crippen molar-refractivity contribution in [2.45, 2.75) is 40.0 Å². The van der Waals surface area contributed by atoms with E-state index in [4.69, 9.17) is 0 Å². The van der Waals surface area contributed by atoms with E-state index in [1.165, 1.54) is 19.3 Å². The largest absolute Gasteiger partial charge is 0.300 e. The molecule has 2 unspecified atom stereocenters. The highest BCUT2D eigenvalue weighted by Crippen LogP contribution is 2.60. The molecule has 0 bridgehead atoms. The van der Waals surface area contributed by atoms with Crippen LogP contribution in [-0.4, -0.2) is 5.78 Å². The first kappa shape index (κ1) is 8.28. The maximum atomic E-state index is 11.2. The van der Waals surface area contributed by atoms with E-state index in [1.54, 1.807) is 6.92 Å². The van der Waals surface area contributed by atoms with Crippen molar-refractivity contribution in [1.82, 2.24) is 0 Å². The molecule has 2 rings (SSSR count). The third-order valence-corrected chi connectivity index (χ3v) is 3.74. The maximum absolute atomic E-state index is 11.2. The van der Waals surface area contributed by atoms with Crippen LogP contribution in [0.1, 0.15) is 40.0 Å². The Balaban J connectivity index is 2.02. The highest BCUT2D eigenvalue weighted by Gasteiger charge is 2.56. The van der Waals surface area contributed by atoms with Gasteiger partial charge in [-0.1, -0.05) is 13.8 Å². The second kappa shape index (κ2) is 2.34. The SMILES string of the molecule is CC(=O)C1C2CCC(C)(C)C[C@@H]21. The van der Waals surface area contributed by atoms with Crippen molar-refractivity contribution in [1.29, 1.82) is 0 Å². The van der Waals surface area contributed by atoms with Gasteiger partial charge in [0.25, 0.3) is 0 Å². The third kappa shape index (κ3) is 1.19. The van der Waals surface area contributed by atoms with E-state index in [0.29, 0.717) is 17.1 Å². The summed E-state index contributed by atoms with van der Waals surface area (Å²) in [6.07, 6.45) is 3.89. The van der Waals surface area contributed by atoms with Gasteiger partial charge in [0.15, 0.2) is 0 Å². The molecule has 0 spiro atoms. The number of rotatable bonds is 1. The van der Waals surface area contributed by atoms with Gasteiger partial charge in [-0.25, -0.2) is 0 Å². The van der Waals surface area contributed by atoms with Gasteiger partial charge in [-0.05, 0) is 43.4 Å². The number of carbonyl (C=O) groups is 1. The average molecular weight is 166 g/mol. The molecule has 1 nitrogen and oxygen atoms in total. The maximum Gasteiger partial charge on any atom is 0.133 e. The molecule has 0 N–H and O–H groups in total. The van der Waals surface area contributed by atoms with E-state index in [-0.39, 0.29) is 0 Å². The van der Waals surface area contributed by atoms with Crippen LogP contribution < -0.4 is 0 Å². The van der Waals surface area contributed by atoms with Crippen molar-refractivity contribution in [3.63, 3.8) is 0 Å². The molecular formula is C11H18O. The minimum absolute atomic E-state index is 0.433. The molecule has 0 radical (unpaired) electrons. The molecule has 0 saturated heterocycles. The van der Waals surface area contributed by atoms with E-state index < -0.39 is 0 Å². The number of fused-ring (bicyclic) bond motifs is 1. The van der Waals surface area contributed by atoms with Gasteiger partial charge in [0, 0.05) is 5.92 Å². The predicted molar refractivity (Wildman–Crippen MR) is 48.8 cm³/mol. The number of carbonyl (C=O) groups excluding carboxylic acids is 1. The predicted octanol–water partition coefficient (Wildman–Crippen LogP) is 2.65. The van der Waals surface area contributed by atoms with Crippen LogP contribution in [0.3, 0.4) is 0 Å². The van der Waals surface area contributed by atoms with Crippen molar-refractivity contribution >= 4 is 5.78 Å². The molecule has 0 aromatic heterocycles. The lowest BCUT2D eigenvalue weighted by molar-refractivity contribution is -0.118. The summed E-state index contributed by atoms with van der Waals surface area (Å²) in [7, 11) is 0. The van der Waals surface area contributed by atoms with Crippen molar-refractivity contribution in [3.05, 3.63) is 0 Å². The van der Waals surface area contributed by atoms with E-state index in [9.17, 15) is 4.79 Å². The summed E-state index contributed by atoms with van der Waals surface area (Å²) >= 11 is 0. The van der Waals surface area contributed by atoms with Gasteiger partial charge in [0.2, 0.25) is 0 Å². The van der Waals surface area contributed by atoms with Crippen molar-refractivity contribution < 1.29 is 4.79 Å². The highest BCUT2D eigenvalue weighted by atomic mass is 16.1. The van der Waals surface area contributed by atoms with E-state index in [0.717, 1.165) is 11.8 Å². The van der Waals surface area contributed by atoms with Gasteiger partial charge in [0.05, 0.1) is 0 Å². The van der Waals surface area contributed by atoms with Gasteiger partial charge in [-0.2, -0.15) is 0 Å². The van der Waals surface area contributed by atoms with Gasteiger partial charge < -0.3 is 0 Å². The summed E-state index contributed by atoms with van der Waals surface area (Å²) in [6.45, 7) is 6.42. The van der Waals surface area contributed by atoms with Crippen molar-refractivity contribution in [3.8, 4) is 0 Å². The topological polar surface area (TPSA) is 17.1 Å². The number of hydrogen-bond acceptors (Lipinski definition) is 1. The fourth-order valence-corrected chi connectivity index (χ4v) is 3.02. The Labute approximate surface area is 74.5 Å². The number of ketones is 1. The summed E-state index contributed by atoms with van der Waals surface area (Å²) in [4.78, 5) is 11.2. The van der Waals surface area contributed by atoms with E-state index in [2.05, 4.69) is 13.8 Å². The zero-order valence-corrected chi connectivity index (χ0v) is 8.26. The molecule has 2 saturated carbocycles. The van der Waals surface area contributed by atoms with Crippen LogP contribution in [0, 0.1) is 23.2 Å². The molecule has 3 atom stereocenters. The van der Waals surface area contributed by atoms with Crippen LogP contribution in [0.2, 0.25) is 0 Å². The first-order valence-electron chi connectivity index (χ1n) is 5.02. The molecule has 1 heteroatoms. The molecule has 0 aromatic carbocycles. The van der Waals surface area contributed by atoms with Crippen LogP contribution in [0.25, 0.3) is 0 Å². The lowest BCUT2D eigenvalue weighted by Crippen LogP contribution is -2.16. The second-order valence-corrected chi connectivity index (χ2v) is 5.37. The smallest absolute Gasteiger partial charge is 0.133 e. The van der Waals surface area contributed by atoms with E-state index >= 15 is 0 Å². The molecular weight excluding hydrogens is 148 g/mol. The molecule has 2 aliphatic rings. The minimum atomic E-state index is 0.433. The van der Waals surface area contributed by atoms with Gasteiger partial charge in [-0.15, -0.1) is 0 Å². The molecule has 2 fully saturated rings. The van der Waals surface area contributed by atoms with Gasteiger partial charge >= 0.3 is 0 Å². The summed E-state index contributed by atoms with van der Waals surface area (Å²) in [6, 6.07) is 0. The molecule has 0 amide bonds. The molecule has 68 valence electrons.